The fourth-order valence-electron chi connectivity index (χ4n) is 2.72. The lowest BCUT2D eigenvalue weighted by molar-refractivity contribution is -0.142. The molecule has 0 aromatic rings. The third-order valence-corrected chi connectivity index (χ3v) is 4.25. The average molecular weight is 351 g/mol. The zero-order chi connectivity index (χ0) is 18.8. The zero-order valence-corrected chi connectivity index (χ0v) is 15.9. The first-order chi connectivity index (χ1) is 12.1. The number of aliphatic carboxylic acids is 1. The van der Waals surface area contributed by atoms with Crippen molar-refractivity contribution in [2.45, 2.75) is 77.2 Å². The molecule has 5 N–H and O–H groups in total. The molecule has 0 rings (SSSR count). The smallest absolute Gasteiger partial charge is 0.308 e. The summed E-state index contributed by atoms with van der Waals surface area (Å²) in [7, 11) is 0. The standard InChI is InChI=1S/C21H38N2O2/c1-2-3-4-5-6-7-8-9-10-11-12-13-14-15-16-19(21(24)25)20(23)17-18-22/h3-4,6-7,9-10,19-20H,2,5,8,11-18,22-23H2,1H3,(H,24,25)/b4-3-,7-6-,10-9-. The summed E-state index contributed by atoms with van der Waals surface area (Å²) < 4.78 is 0. The topological polar surface area (TPSA) is 89.3 Å². The number of carboxylic acid groups (broad SMARTS) is 1. The monoisotopic (exact) mass is 350 g/mol. The van der Waals surface area contributed by atoms with Gasteiger partial charge < -0.3 is 16.6 Å². The van der Waals surface area contributed by atoms with Gasteiger partial charge in [0.25, 0.3) is 0 Å². The number of carbonyl (C=O) groups is 1. The molecule has 0 aliphatic heterocycles. The Labute approximate surface area is 154 Å². The van der Waals surface area contributed by atoms with E-state index in [9.17, 15) is 9.90 Å². The van der Waals surface area contributed by atoms with E-state index in [1.165, 1.54) is 0 Å². The van der Waals surface area contributed by atoms with Crippen LogP contribution in [-0.2, 0) is 4.79 Å². The van der Waals surface area contributed by atoms with E-state index in [4.69, 9.17) is 11.5 Å². The molecular formula is C21H38N2O2. The largest absolute Gasteiger partial charge is 0.481 e. The fourth-order valence-corrected chi connectivity index (χ4v) is 2.72. The van der Waals surface area contributed by atoms with Crippen molar-refractivity contribution < 1.29 is 9.90 Å². The van der Waals surface area contributed by atoms with Crippen molar-refractivity contribution in [3.05, 3.63) is 36.5 Å². The van der Waals surface area contributed by atoms with Gasteiger partial charge in [0.2, 0.25) is 0 Å². The Kier molecular flexibility index (Phi) is 16.5. The van der Waals surface area contributed by atoms with Gasteiger partial charge in [0.05, 0.1) is 5.92 Å². The summed E-state index contributed by atoms with van der Waals surface area (Å²) in [5.74, 6) is -1.25. The van der Waals surface area contributed by atoms with Gasteiger partial charge in [0.1, 0.15) is 0 Å². The van der Waals surface area contributed by atoms with Crippen LogP contribution in [0.2, 0.25) is 0 Å². The molecule has 4 nitrogen and oxygen atoms in total. The molecule has 0 aromatic heterocycles. The first-order valence-corrected chi connectivity index (χ1v) is 9.76. The minimum atomic E-state index is -0.790. The second kappa shape index (κ2) is 17.4. The Bertz CT molecular complexity index is 403. The molecule has 0 bridgehead atoms. The summed E-state index contributed by atoms with van der Waals surface area (Å²) in [5.41, 5.74) is 11.4. The van der Waals surface area contributed by atoms with E-state index >= 15 is 0 Å². The summed E-state index contributed by atoms with van der Waals surface area (Å²) in [6, 6.07) is -0.323. The molecule has 4 heteroatoms. The number of unbranched alkanes of at least 4 members (excludes halogenated alkanes) is 4. The molecular weight excluding hydrogens is 312 g/mol. The number of carboxylic acids is 1. The molecule has 144 valence electrons. The molecule has 0 heterocycles. The predicted molar refractivity (Wildman–Crippen MR) is 107 cm³/mol. The molecule has 0 spiro atoms. The second-order valence-corrected chi connectivity index (χ2v) is 6.47. The van der Waals surface area contributed by atoms with Crippen LogP contribution in [0.4, 0.5) is 0 Å². The highest BCUT2D eigenvalue weighted by molar-refractivity contribution is 5.70. The predicted octanol–water partition coefficient (Wildman–Crippen LogP) is 4.56. The molecule has 2 unspecified atom stereocenters. The minimum Gasteiger partial charge on any atom is -0.481 e. The van der Waals surface area contributed by atoms with Crippen molar-refractivity contribution in [2.75, 3.05) is 6.54 Å². The van der Waals surface area contributed by atoms with Crippen LogP contribution in [-0.4, -0.2) is 23.7 Å². The number of hydrogen-bond acceptors (Lipinski definition) is 3. The summed E-state index contributed by atoms with van der Waals surface area (Å²) in [4.78, 5) is 11.2. The molecule has 0 aromatic carbocycles. The summed E-state index contributed by atoms with van der Waals surface area (Å²) >= 11 is 0. The SMILES string of the molecule is CC/C=C\C/C=C\C/C=C\CCCCCCC(C(=O)O)C(N)CCN. The van der Waals surface area contributed by atoms with Gasteiger partial charge in [-0.05, 0) is 51.5 Å². The lowest BCUT2D eigenvalue weighted by atomic mass is 9.92. The zero-order valence-electron chi connectivity index (χ0n) is 15.9. The number of allylic oxidation sites excluding steroid dienone is 6. The van der Waals surface area contributed by atoms with Crippen LogP contribution in [0.5, 0.6) is 0 Å². The Morgan fingerprint density at radius 3 is 2.12 bits per heavy atom. The van der Waals surface area contributed by atoms with E-state index < -0.39 is 11.9 Å². The number of hydrogen-bond donors (Lipinski definition) is 3. The third kappa shape index (κ3) is 14.6. The Morgan fingerprint density at radius 1 is 0.920 bits per heavy atom. The maximum atomic E-state index is 11.2. The quantitative estimate of drug-likeness (QED) is 0.281. The molecule has 0 amide bonds. The van der Waals surface area contributed by atoms with Crippen LogP contribution in [0.1, 0.15) is 71.1 Å². The molecule has 0 aliphatic carbocycles. The van der Waals surface area contributed by atoms with Crippen molar-refractivity contribution in [3.63, 3.8) is 0 Å². The summed E-state index contributed by atoms with van der Waals surface area (Å²) in [6.45, 7) is 2.59. The molecule has 25 heavy (non-hydrogen) atoms. The van der Waals surface area contributed by atoms with Gasteiger partial charge in [-0.15, -0.1) is 0 Å². The number of rotatable bonds is 16. The van der Waals surface area contributed by atoms with E-state index in [2.05, 4.69) is 43.4 Å². The molecule has 0 radical (unpaired) electrons. The van der Waals surface area contributed by atoms with Gasteiger partial charge in [0, 0.05) is 6.04 Å². The maximum Gasteiger partial charge on any atom is 0.308 e. The Morgan fingerprint density at radius 2 is 1.52 bits per heavy atom. The van der Waals surface area contributed by atoms with E-state index in [0.717, 1.165) is 51.4 Å². The maximum absolute atomic E-state index is 11.2. The van der Waals surface area contributed by atoms with E-state index in [1.54, 1.807) is 0 Å². The van der Waals surface area contributed by atoms with Crippen molar-refractivity contribution in [1.29, 1.82) is 0 Å². The van der Waals surface area contributed by atoms with Crippen LogP contribution in [0.15, 0.2) is 36.5 Å². The average Bonchev–Trinajstić information content (AvgIpc) is 2.58. The molecule has 2 atom stereocenters. The lowest BCUT2D eigenvalue weighted by Gasteiger charge is -2.19. The summed E-state index contributed by atoms with van der Waals surface area (Å²) in [5, 5.41) is 9.23. The molecule has 0 fully saturated rings. The normalized spacial score (nSPS) is 14.7. The van der Waals surface area contributed by atoms with Crippen LogP contribution in [0.25, 0.3) is 0 Å². The molecule has 0 saturated carbocycles. The van der Waals surface area contributed by atoms with Gasteiger partial charge >= 0.3 is 5.97 Å². The minimum absolute atomic E-state index is 0.323. The molecule has 0 aliphatic rings. The number of nitrogens with two attached hydrogens (primary N) is 2. The van der Waals surface area contributed by atoms with Crippen molar-refractivity contribution in [2.24, 2.45) is 17.4 Å². The van der Waals surface area contributed by atoms with Gasteiger partial charge in [0.15, 0.2) is 0 Å². The lowest BCUT2D eigenvalue weighted by Crippen LogP contribution is -2.37. The third-order valence-electron chi connectivity index (χ3n) is 4.25. The van der Waals surface area contributed by atoms with Crippen molar-refractivity contribution in [1.82, 2.24) is 0 Å². The van der Waals surface area contributed by atoms with Crippen LogP contribution < -0.4 is 11.5 Å². The second-order valence-electron chi connectivity index (χ2n) is 6.47. The highest BCUT2D eigenvalue weighted by Gasteiger charge is 2.23. The fraction of sp³-hybridized carbons (Fsp3) is 0.667. The van der Waals surface area contributed by atoms with E-state index in [-0.39, 0.29) is 6.04 Å². The Balaban J connectivity index is 3.63. The summed E-state index contributed by atoms with van der Waals surface area (Å²) in [6.07, 6.45) is 23.0. The van der Waals surface area contributed by atoms with Crippen LogP contribution in [0, 0.1) is 5.92 Å². The first-order valence-electron chi connectivity index (χ1n) is 9.76. The van der Waals surface area contributed by atoms with Gasteiger partial charge in [-0.25, -0.2) is 0 Å². The van der Waals surface area contributed by atoms with Crippen LogP contribution >= 0.6 is 0 Å². The van der Waals surface area contributed by atoms with Crippen molar-refractivity contribution >= 4 is 5.97 Å². The van der Waals surface area contributed by atoms with Gasteiger partial charge in [-0.1, -0.05) is 62.6 Å². The van der Waals surface area contributed by atoms with Crippen molar-refractivity contribution in [3.8, 4) is 0 Å². The van der Waals surface area contributed by atoms with E-state index in [1.807, 2.05) is 0 Å². The van der Waals surface area contributed by atoms with Gasteiger partial charge in [-0.2, -0.15) is 0 Å². The van der Waals surface area contributed by atoms with E-state index in [0.29, 0.717) is 19.4 Å². The first kappa shape index (κ1) is 23.6. The highest BCUT2D eigenvalue weighted by atomic mass is 16.4. The Hall–Kier alpha value is -1.39. The van der Waals surface area contributed by atoms with Gasteiger partial charge in [-0.3, -0.25) is 4.79 Å². The van der Waals surface area contributed by atoms with Crippen LogP contribution in [0.3, 0.4) is 0 Å². The highest BCUT2D eigenvalue weighted by Crippen LogP contribution is 2.16. The molecule has 0 saturated heterocycles.